The maximum absolute atomic E-state index is 9.49. The minimum atomic E-state index is -1.04. The van der Waals surface area contributed by atoms with Crippen LogP contribution in [-0.4, -0.2) is 31.2 Å². The number of rotatable bonds is 9. The summed E-state index contributed by atoms with van der Waals surface area (Å²) in [6.45, 7) is 11.0. The highest BCUT2D eigenvalue weighted by Gasteiger charge is 2.53. The average molecular weight is 243 g/mol. The van der Waals surface area contributed by atoms with E-state index < -0.39 is 11.4 Å². The molecule has 0 heterocycles. The topological polar surface area (TPSA) is 51.5 Å². The molecule has 0 fully saturated rings. The summed E-state index contributed by atoms with van der Waals surface area (Å²) < 4.78 is 17.2. The van der Waals surface area contributed by atoms with Gasteiger partial charge in [0.15, 0.2) is 0 Å². The van der Waals surface area contributed by atoms with Crippen molar-refractivity contribution in [3.63, 3.8) is 0 Å². The van der Waals surface area contributed by atoms with Gasteiger partial charge in [0.2, 0.25) is 11.4 Å². The van der Waals surface area contributed by atoms with Crippen molar-refractivity contribution < 1.29 is 14.2 Å². The van der Waals surface area contributed by atoms with E-state index in [1.54, 1.807) is 0 Å². The maximum atomic E-state index is 9.49. The second-order valence-electron chi connectivity index (χ2n) is 3.70. The number of hydrogen-bond acceptors (Lipinski definition) is 4. The van der Waals surface area contributed by atoms with Crippen LogP contribution in [0.1, 0.15) is 47.5 Å². The van der Waals surface area contributed by atoms with Crippen LogP contribution in [0.3, 0.4) is 0 Å². The lowest BCUT2D eigenvalue weighted by molar-refractivity contribution is -0.314. The van der Waals surface area contributed by atoms with Gasteiger partial charge in [0.05, 0.1) is 0 Å². The lowest BCUT2D eigenvalue weighted by Crippen LogP contribution is -2.58. The Morgan fingerprint density at radius 2 is 1.29 bits per heavy atom. The van der Waals surface area contributed by atoms with Crippen LogP contribution < -0.4 is 0 Å². The van der Waals surface area contributed by atoms with E-state index in [9.17, 15) is 5.26 Å². The minimum Gasteiger partial charge on any atom is -0.355 e. The second kappa shape index (κ2) is 7.65. The summed E-state index contributed by atoms with van der Waals surface area (Å²) in [5, 5.41) is 9.49. The summed E-state index contributed by atoms with van der Waals surface area (Å²) in [5.74, 6) is -0.976. The third-order valence-corrected chi connectivity index (χ3v) is 2.90. The molecular weight excluding hydrogens is 218 g/mol. The van der Waals surface area contributed by atoms with Gasteiger partial charge in [-0.1, -0.05) is 13.8 Å². The van der Waals surface area contributed by atoms with Gasteiger partial charge < -0.3 is 14.2 Å². The molecule has 100 valence electrons. The van der Waals surface area contributed by atoms with E-state index in [0.29, 0.717) is 32.7 Å². The largest absolute Gasteiger partial charge is 0.355 e. The van der Waals surface area contributed by atoms with Crippen molar-refractivity contribution >= 4 is 0 Å². The van der Waals surface area contributed by atoms with Gasteiger partial charge in [-0.05, 0) is 27.2 Å². The Morgan fingerprint density at radius 1 is 0.824 bits per heavy atom. The second-order valence-corrected chi connectivity index (χ2v) is 3.70. The fourth-order valence-electron chi connectivity index (χ4n) is 2.16. The molecule has 0 spiro atoms. The number of nitrogens with zero attached hydrogens (tertiary/aromatic N) is 1. The van der Waals surface area contributed by atoms with Crippen LogP contribution in [0.5, 0.6) is 0 Å². The van der Waals surface area contributed by atoms with E-state index in [-0.39, 0.29) is 0 Å². The van der Waals surface area contributed by atoms with Crippen molar-refractivity contribution in [1.82, 2.24) is 0 Å². The predicted octanol–water partition coefficient (Wildman–Crippen LogP) is 2.87. The lowest BCUT2D eigenvalue weighted by atomic mass is 9.88. The van der Waals surface area contributed by atoms with Crippen molar-refractivity contribution in [2.75, 3.05) is 19.8 Å². The molecule has 0 aliphatic heterocycles. The van der Waals surface area contributed by atoms with Crippen LogP contribution in [0.25, 0.3) is 0 Å². The Morgan fingerprint density at radius 3 is 1.53 bits per heavy atom. The van der Waals surface area contributed by atoms with Crippen LogP contribution in [0.2, 0.25) is 0 Å². The van der Waals surface area contributed by atoms with E-state index in [2.05, 4.69) is 6.07 Å². The fourth-order valence-corrected chi connectivity index (χ4v) is 2.16. The monoisotopic (exact) mass is 243 g/mol. The van der Waals surface area contributed by atoms with Crippen molar-refractivity contribution in [2.24, 2.45) is 0 Å². The molecule has 0 aliphatic rings. The average Bonchev–Trinajstić information content (AvgIpc) is 2.35. The summed E-state index contributed by atoms with van der Waals surface area (Å²) in [4.78, 5) is 0. The van der Waals surface area contributed by atoms with Gasteiger partial charge in [-0.2, -0.15) is 5.26 Å². The molecule has 0 radical (unpaired) electrons. The molecule has 0 aromatic carbocycles. The summed E-state index contributed by atoms with van der Waals surface area (Å²) >= 11 is 0. The zero-order valence-corrected chi connectivity index (χ0v) is 11.7. The van der Waals surface area contributed by atoms with Crippen molar-refractivity contribution in [3.05, 3.63) is 0 Å². The molecule has 0 saturated carbocycles. The SMILES string of the molecule is CCOC(C#N)(CC)C(CC)(OCC)OCC. The molecule has 4 heteroatoms. The number of hydrogen-bond donors (Lipinski definition) is 0. The molecule has 17 heavy (non-hydrogen) atoms. The van der Waals surface area contributed by atoms with Gasteiger partial charge in [-0.15, -0.1) is 0 Å². The Bertz CT molecular complexity index is 244. The summed E-state index contributed by atoms with van der Waals surface area (Å²) in [5.41, 5.74) is -1.04. The summed E-state index contributed by atoms with van der Waals surface area (Å²) in [6.07, 6.45) is 1.11. The Labute approximate surface area is 105 Å². The van der Waals surface area contributed by atoms with Crippen LogP contribution in [0, 0.1) is 11.3 Å². The Balaban J connectivity index is 5.39. The molecule has 4 nitrogen and oxygen atoms in total. The zero-order chi connectivity index (χ0) is 13.4. The first-order valence-corrected chi connectivity index (χ1v) is 6.44. The highest BCUT2D eigenvalue weighted by Crippen LogP contribution is 2.37. The zero-order valence-electron chi connectivity index (χ0n) is 11.7. The highest BCUT2D eigenvalue weighted by atomic mass is 16.7. The smallest absolute Gasteiger partial charge is 0.211 e. The molecule has 0 saturated heterocycles. The Kier molecular flexibility index (Phi) is 7.37. The van der Waals surface area contributed by atoms with E-state index in [0.717, 1.165) is 0 Å². The normalized spacial score (nSPS) is 15.3. The first-order chi connectivity index (χ1) is 8.11. The standard InChI is InChI=1S/C13H25NO3/c1-6-12(11-14,15-8-3)13(7-2,16-9-4)17-10-5/h6-10H2,1-5H3. The van der Waals surface area contributed by atoms with E-state index in [4.69, 9.17) is 14.2 Å². The molecule has 0 aliphatic carbocycles. The molecule has 0 aromatic heterocycles. The first kappa shape index (κ1) is 16.4. The molecule has 1 unspecified atom stereocenters. The van der Waals surface area contributed by atoms with Crippen LogP contribution in [-0.2, 0) is 14.2 Å². The lowest BCUT2D eigenvalue weighted by Gasteiger charge is -2.44. The van der Waals surface area contributed by atoms with Gasteiger partial charge in [0.1, 0.15) is 6.07 Å². The predicted molar refractivity (Wildman–Crippen MR) is 66.5 cm³/mol. The van der Waals surface area contributed by atoms with Crippen molar-refractivity contribution in [2.45, 2.75) is 58.8 Å². The minimum absolute atomic E-state index is 0.462. The summed E-state index contributed by atoms with van der Waals surface area (Å²) in [6, 6.07) is 2.26. The third-order valence-electron chi connectivity index (χ3n) is 2.90. The molecule has 0 rings (SSSR count). The Hall–Kier alpha value is -0.630. The van der Waals surface area contributed by atoms with E-state index in [1.807, 2.05) is 34.6 Å². The maximum Gasteiger partial charge on any atom is 0.211 e. The molecule has 0 bridgehead atoms. The highest BCUT2D eigenvalue weighted by molar-refractivity contribution is 5.11. The fraction of sp³-hybridized carbons (Fsp3) is 0.923. The molecular formula is C13H25NO3. The van der Waals surface area contributed by atoms with Gasteiger partial charge >= 0.3 is 0 Å². The van der Waals surface area contributed by atoms with Crippen LogP contribution >= 0.6 is 0 Å². The third kappa shape index (κ3) is 3.19. The van der Waals surface area contributed by atoms with Gasteiger partial charge in [-0.25, -0.2) is 0 Å². The van der Waals surface area contributed by atoms with Crippen molar-refractivity contribution in [3.8, 4) is 6.07 Å². The molecule has 1 atom stereocenters. The first-order valence-electron chi connectivity index (χ1n) is 6.44. The summed E-state index contributed by atoms with van der Waals surface area (Å²) in [7, 11) is 0. The number of ether oxygens (including phenoxy) is 3. The van der Waals surface area contributed by atoms with Crippen molar-refractivity contribution in [1.29, 1.82) is 5.26 Å². The van der Waals surface area contributed by atoms with Crippen LogP contribution in [0.4, 0.5) is 0 Å². The van der Waals surface area contributed by atoms with Gasteiger partial charge in [-0.3, -0.25) is 0 Å². The van der Waals surface area contributed by atoms with Crippen LogP contribution in [0.15, 0.2) is 0 Å². The van der Waals surface area contributed by atoms with Gasteiger partial charge in [0, 0.05) is 26.2 Å². The van der Waals surface area contributed by atoms with E-state index in [1.165, 1.54) is 0 Å². The number of nitriles is 1. The van der Waals surface area contributed by atoms with E-state index >= 15 is 0 Å². The van der Waals surface area contributed by atoms with Gasteiger partial charge in [0.25, 0.3) is 0 Å². The molecule has 0 aromatic rings. The molecule has 0 amide bonds. The quantitative estimate of drug-likeness (QED) is 0.584. The molecule has 0 N–H and O–H groups in total.